The molecular weight excluding hydrogens is 382 g/mol. The van der Waals surface area contributed by atoms with Crippen molar-refractivity contribution in [2.45, 2.75) is 19.0 Å². The fraction of sp³-hybridized carbons (Fsp3) is 0.174. The summed E-state index contributed by atoms with van der Waals surface area (Å²) in [5.74, 6) is -0.950. The Hall–Kier alpha value is -3.87. The zero-order chi connectivity index (χ0) is 20.9. The highest BCUT2D eigenvalue weighted by molar-refractivity contribution is 6.14. The Labute approximate surface area is 173 Å². The van der Waals surface area contributed by atoms with Crippen LogP contribution >= 0.6 is 0 Å². The molecule has 4 rings (SSSR count). The Balaban J connectivity index is 1.59. The number of carbonyl (C=O) groups is 2. The molecule has 1 aliphatic heterocycles. The molecule has 0 spiro atoms. The molecule has 1 atom stereocenters. The van der Waals surface area contributed by atoms with E-state index in [1.165, 1.54) is 18.4 Å². The van der Waals surface area contributed by atoms with Crippen molar-refractivity contribution in [2.24, 2.45) is 0 Å². The lowest BCUT2D eigenvalue weighted by Gasteiger charge is -2.26. The number of imidazole rings is 1. The van der Waals surface area contributed by atoms with Crippen molar-refractivity contribution in [2.75, 3.05) is 6.54 Å². The van der Waals surface area contributed by atoms with Gasteiger partial charge in [0, 0.05) is 25.5 Å². The number of rotatable bonds is 8. The van der Waals surface area contributed by atoms with Gasteiger partial charge in [-0.1, -0.05) is 30.3 Å². The Morgan fingerprint density at radius 3 is 2.70 bits per heavy atom. The molecule has 2 aromatic heterocycles. The first-order valence-electron chi connectivity index (χ1n) is 9.66. The number of aliphatic hydroxyl groups excluding tert-OH is 1. The number of carbonyl (C=O) groups excluding carboxylic acids is 2. The minimum atomic E-state index is -0.643. The first-order valence-corrected chi connectivity index (χ1v) is 9.66. The van der Waals surface area contributed by atoms with E-state index in [4.69, 9.17) is 4.42 Å². The number of hydrogen-bond donors (Lipinski definition) is 1. The Kier molecular flexibility index (Phi) is 5.61. The van der Waals surface area contributed by atoms with Gasteiger partial charge in [0.15, 0.2) is 11.5 Å². The summed E-state index contributed by atoms with van der Waals surface area (Å²) in [4.78, 5) is 31.3. The first kappa shape index (κ1) is 19.4. The summed E-state index contributed by atoms with van der Waals surface area (Å²) in [5, 5.41) is 10.6. The van der Waals surface area contributed by atoms with Crippen molar-refractivity contribution in [1.29, 1.82) is 0 Å². The van der Waals surface area contributed by atoms with E-state index in [2.05, 4.69) is 4.98 Å². The van der Waals surface area contributed by atoms with Crippen LogP contribution < -0.4 is 0 Å². The van der Waals surface area contributed by atoms with E-state index in [9.17, 15) is 14.7 Å². The normalized spacial score (nSPS) is 16.7. The molecule has 0 aliphatic carbocycles. The Bertz CT molecular complexity index is 1070. The zero-order valence-electron chi connectivity index (χ0n) is 16.2. The number of allylic oxidation sites excluding steroid dienone is 1. The van der Waals surface area contributed by atoms with Gasteiger partial charge in [0.2, 0.25) is 0 Å². The van der Waals surface area contributed by atoms with Gasteiger partial charge in [-0.25, -0.2) is 4.98 Å². The summed E-state index contributed by atoms with van der Waals surface area (Å²) in [6.07, 6.45) is 10.3. The van der Waals surface area contributed by atoms with Crippen molar-refractivity contribution >= 4 is 17.8 Å². The highest BCUT2D eigenvalue weighted by atomic mass is 16.3. The summed E-state index contributed by atoms with van der Waals surface area (Å²) < 4.78 is 7.13. The number of benzene rings is 1. The van der Waals surface area contributed by atoms with E-state index in [0.29, 0.717) is 25.3 Å². The third-order valence-corrected chi connectivity index (χ3v) is 5.00. The van der Waals surface area contributed by atoms with E-state index >= 15 is 0 Å². The third kappa shape index (κ3) is 3.96. The van der Waals surface area contributed by atoms with Crippen molar-refractivity contribution in [3.8, 4) is 0 Å². The van der Waals surface area contributed by atoms with Gasteiger partial charge in [0.25, 0.3) is 5.91 Å². The summed E-state index contributed by atoms with van der Waals surface area (Å²) in [6.45, 7) is 1.06. The molecule has 3 heterocycles. The summed E-state index contributed by atoms with van der Waals surface area (Å²) >= 11 is 0. The van der Waals surface area contributed by atoms with Gasteiger partial charge in [-0.05, 0) is 36.3 Å². The van der Waals surface area contributed by atoms with Crippen molar-refractivity contribution in [3.05, 3.63) is 96.2 Å². The standard InChI is InChI=1S/C23H21N3O4/c27-19(10-9-18-8-4-15-30-18)20-21(17-6-2-1-3-7-17)26(23(29)22(20)28)13-5-12-25-14-11-24-16-25/h1-4,6-11,14-16,21,28H,5,12-13H2/b10-9+. The van der Waals surface area contributed by atoms with Gasteiger partial charge in [0.05, 0.1) is 24.2 Å². The fourth-order valence-corrected chi connectivity index (χ4v) is 3.59. The largest absolute Gasteiger partial charge is 0.503 e. The van der Waals surface area contributed by atoms with E-state index in [0.717, 1.165) is 5.56 Å². The van der Waals surface area contributed by atoms with Crippen LogP contribution in [0.2, 0.25) is 0 Å². The second-order valence-electron chi connectivity index (χ2n) is 6.94. The van der Waals surface area contributed by atoms with E-state index < -0.39 is 23.5 Å². The van der Waals surface area contributed by atoms with Gasteiger partial charge in [-0.2, -0.15) is 0 Å². The van der Waals surface area contributed by atoms with Gasteiger partial charge in [0.1, 0.15) is 5.76 Å². The van der Waals surface area contributed by atoms with Crippen LogP contribution in [0.15, 0.2) is 89.3 Å². The maximum atomic E-state index is 12.9. The molecule has 0 saturated carbocycles. The summed E-state index contributed by atoms with van der Waals surface area (Å²) in [7, 11) is 0. The minimum absolute atomic E-state index is 0.0802. The fourth-order valence-electron chi connectivity index (χ4n) is 3.59. The van der Waals surface area contributed by atoms with Crippen LogP contribution in [-0.2, 0) is 16.1 Å². The average molecular weight is 403 g/mol. The molecule has 7 nitrogen and oxygen atoms in total. The Morgan fingerprint density at radius 2 is 2.00 bits per heavy atom. The number of amides is 1. The van der Waals surface area contributed by atoms with Crippen LogP contribution in [0.5, 0.6) is 0 Å². The number of aryl methyl sites for hydroxylation is 1. The first-order chi connectivity index (χ1) is 14.6. The van der Waals surface area contributed by atoms with Crippen LogP contribution in [0.3, 0.4) is 0 Å². The molecule has 1 unspecified atom stereocenters. The highest BCUT2D eigenvalue weighted by Gasteiger charge is 2.42. The van der Waals surface area contributed by atoms with Crippen LogP contribution in [0, 0.1) is 0 Å². The van der Waals surface area contributed by atoms with Crippen molar-refractivity contribution in [3.63, 3.8) is 0 Å². The number of nitrogens with zero attached hydrogens (tertiary/aromatic N) is 3. The highest BCUT2D eigenvalue weighted by Crippen LogP contribution is 2.38. The SMILES string of the molecule is O=C(/C=C/c1ccco1)C1=C(O)C(=O)N(CCCn2ccnc2)C1c1ccccc1. The third-order valence-electron chi connectivity index (χ3n) is 5.00. The predicted octanol–water partition coefficient (Wildman–Crippen LogP) is 3.54. The quantitative estimate of drug-likeness (QED) is 0.581. The maximum Gasteiger partial charge on any atom is 0.290 e. The van der Waals surface area contributed by atoms with E-state index in [-0.39, 0.29) is 5.57 Å². The topological polar surface area (TPSA) is 88.6 Å². The monoisotopic (exact) mass is 403 g/mol. The second kappa shape index (κ2) is 8.65. The van der Waals surface area contributed by atoms with E-state index in [1.807, 2.05) is 41.1 Å². The summed E-state index contributed by atoms with van der Waals surface area (Å²) in [5.41, 5.74) is 0.851. The molecule has 1 aliphatic rings. The molecule has 0 bridgehead atoms. The van der Waals surface area contributed by atoms with Crippen LogP contribution in [0.25, 0.3) is 6.08 Å². The molecule has 0 fully saturated rings. The van der Waals surface area contributed by atoms with Crippen LogP contribution in [0.4, 0.5) is 0 Å². The smallest absolute Gasteiger partial charge is 0.290 e. The maximum absolute atomic E-state index is 12.9. The van der Waals surface area contributed by atoms with E-state index in [1.54, 1.807) is 29.6 Å². The van der Waals surface area contributed by atoms with Crippen LogP contribution in [0.1, 0.15) is 23.8 Å². The predicted molar refractivity (Wildman–Crippen MR) is 110 cm³/mol. The molecule has 7 heteroatoms. The second-order valence-corrected chi connectivity index (χ2v) is 6.94. The molecular formula is C23H21N3O4. The number of aliphatic hydroxyl groups is 1. The van der Waals surface area contributed by atoms with Crippen molar-refractivity contribution < 1.29 is 19.1 Å². The molecule has 3 aromatic rings. The number of aromatic nitrogens is 2. The lowest BCUT2D eigenvalue weighted by Crippen LogP contribution is -2.32. The molecule has 0 saturated heterocycles. The molecule has 1 aromatic carbocycles. The summed E-state index contributed by atoms with van der Waals surface area (Å²) in [6, 6.07) is 12.1. The van der Waals surface area contributed by atoms with Gasteiger partial charge in [-0.3, -0.25) is 9.59 Å². The average Bonchev–Trinajstić information content (AvgIpc) is 3.51. The molecule has 152 valence electrons. The van der Waals surface area contributed by atoms with Gasteiger partial charge >= 0.3 is 0 Å². The molecule has 30 heavy (non-hydrogen) atoms. The minimum Gasteiger partial charge on any atom is -0.503 e. The van der Waals surface area contributed by atoms with Crippen molar-refractivity contribution in [1.82, 2.24) is 14.5 Å². The number of furan rings is 1. The van der Waals surface area contributed by atoms with Crippen LogP contribution in [-0.4, -0.2) is 37.8 Å². The lowest BCUT2D eigenvalue weighted by atomic mass is 9.95. The Morgan fingerprint density at radius 1 is 1.17 bits per heavy atom. The molecule has 0 radical (unpaired) electrons. The number of ketones is 1. The molecule has 1 N–H and O–H groups in total. The molecule has 1 amide bonds. The number of hydrogen-bond acceptors (Lipinski definition) is 5. The van der Waals surface area contributed by atoms with Gasteiger partial charge in [-0.15, -0.1) is 0 Å². The lowest BCUT2D eigenvalue weighted by molar-refractivity contribution is -0.129. The van der Waals surface area contributed by atoms with Gasteiger partial charge < -0.3 is 19.0 Å². The zero-order valence-corrected chi connectivity index (χ0v) is 16.2.